The second-order valence-corrected chi connectivity index (χ2v) is 9.15. The van der Waals surface area contributed by atoms with Crippen LogP contribution >= 0.6 is 15.9 Å². The third-order valence-corrected chi connectivity index (χ3v) is 6.13. The van der Waals surface area contributed by atoms with Crippen LogP contribution in [0.15, 0.2) is 41.1 Å². The molecule has 30 heavy (non-hydrogen) atoms. The maximum atomic E-state index is 12.2. The van der Waals surface area contributed by atoms with E-state index in [-0.39, 0.29) is 12.0 Å². The van der Waals surface area contributed by atoms with Crippen molar-refractivity contribution in [2.24, 2.45) is 5.92 Å². The molecule has 4 rings (SSSR count). The smallest absolute Gasteiger partial charge is 0.224 e. The van der Waals surface area contributed by atoms with Gasteiger partial charge in [0.1, 0.15) is 12.7 Å². The molecule has 7 heteroatoms. The fraction of sp³-hybridized carbons (Fsp3) is 0.478. The van der Waals surface area contributed by atoms with E-state index in [1.807, 2.05) is 24.3 Å². The van der Waals surface area contributed by atoms with E-state index < -0.39 is 0 Å². The summed E-state index contributed by atoms with van der Waals surface area (Å²) in [7, 11) is 0. The summed E-state index contributed by atoms with van der Waals surface area (Å²) in [6.45, 7) is 6.32. The van der Waals surface area contributed by atoms with Crippen molar-refractivity contribution >= 4 is 21.8 Å². The monoisotopic (exact) mass is 473 g/mol. The minimum absolute atomic E-state index is 0.0547. The number of ether oxygens (including phenoxy) is 2. The number of likely N-dealkylation sites (tertiary alicyclic amines) is 1. The molecule has 0 saturated carbocycles. The predicted octanol–water partition coefficient (Wildman–Crippen LogP) is 3.36. The van der Waals surface area contributed by atoms with Gasteiger partial charge in [0.2, 0.25) is 5.91 Å². The summed E-state index contributed by atoms with van der Waals surface area (Å²) in [6.07, 6.45) is 6.06. The molecule has 1 saturated heterocycles. The molecule has 2 aliphatic rings. The number of halogens is 1. The first-order chi connectivity index (χ1) is 14.5. The van der Waals surface area contributed by atoms with Crippen molar-refractivity contribution in [1.29, 1.82) is 0 Å². The third-order valence-electron chi connectivity index (χ3n) is 5.70. The minimum atomic E-state index is 0.0547. The largest absolute Gasteiger partial charge is 0.486 e. The highest BCUT2D eigenvalue weighted by atomic mass is 79.9. The van der Waals surface area contributed by atoms with Gasteiger partial charge in [0, 0.05) is 30.0 Å². The molecule has 0 radical (unpaired) electrons. The Morgan fingerprint density at radius 2 is 2.07 bits per heavy atom. The number of aryl methyl sites for hydroxylation is 1. The van der Waals surface area contributed by atoms with Gasteiger partial charge in [-0.05, 0) is 84.0 Å². The molecule has 1 atom stereocenters. The first-order valence-corrected chi connectivity index (χ1v) is 11.3. The zero-order valence-corrected chi connectivity index (χ0v) is 18.9. The molecule has 1 aromatic heterocycles. The Balaban J connectivity index is 1.17. The van der Waals surface area contributed by atoms with E-state index in [1.165, 1.54) is 5.56 Å². The number of nitrogens with one attached hydrogen (secondary N) is 1. The number of pyridine rings is 1. The SMILES string of the molecule is Cc1ccc2c(c1)O[C@@H](CN1CCC(CNC(=O)Cc3cncc(Br)c3)CC1)CO2. The molecule has 6 nitrogen and oxygen atoms in total. The molecule has 1 aromatic carbocycles. The van der Waals surface area contributed by atoms with E-state index in [1.54, 1.807) is 12.4 Å². The number of benzene rings is 1. The van der Waals surface area contributed by atoms with Gasteiger partial charge in [-0.1, -0.05) is 6.07 Å². The highest BCUT2D eigenvalue weighted by molar-refractivity contribution is 9.10. The number of hydrogen-bond donors (Lipinski definition) is 1. The van der Waals surface area contributed by atoms with Crippen LogP contribution < -0.4 is 14.8 Å². The zero-order valence-electron chi connectivity index (χ0n) is 17.3. The number of carbonyl (C=O) groups excluding carboxylic acids is 1. The Bertz CT molecular complexity index is 884. The maximum Gasteiger partial charge on any atom is 0.224 e. The number of aromatic nitrogens is 1. The van der Waals surface area contributed by atoms with Crippen LogP contribution in [0.2, 0.25) is 0 Å². The molecule has 1 fully saturated rings. The molecule has 0 bridgehead atoms. The minimum Gasteiger partial charge on any atom is -0.486 e. The molecule has 0 aliphatic carbocycles. The lowest BCUT2D eigenvalue weighted by Crippen LogP contribution is -2.45. The average molecular weight is 474 g/mol. The summed E-state index contributed by atoms with van der Waals surface area (Å²) in [4.78, 5) is 18.8. The van der Waals surface area contributed by atoms with E-state index in [9.17, 15) is 4.79 Å². The quantitative estimate of drug-likeness (QED) is 0.696. The summed E-state index contributed by atoms with van der Waals surface area (Å²) in [5.74, 6) is 2.27. The average Bonchev–Trinajstić information content (AvgIpc) is 2.73. The number of amides is 1. The standard InChI is InChI=1S/C23H28BrN3O3/c1-16-2-3-21-22(8-16)30-20(15-29-21)14-27-6-4-17(5-7-27)12-26-23(28)10-18-9-19(24)13-25-11-18/h2-3,8-9,11,13,17,20H,4-7,10,12,14-15H2,1H3,(H,26,28)/t20-/m0/s1. The molecule has 3 heterocycles. The summed E-state index contributed by atoms with van der Waals surface area (Å²) in [6, 6.07) is 8.00. The molecular weight excluding hydrogens is 446 g/mol. The Hall–Kier alpha value is -2.12. The fourth-order valence-corrected chi connectivity index (χ4v) is 4.44. The van der Waals surface area contributed by atoms with Crippen molar-refractivity contribution in [1.82, 2.24) is 15.2 Å². The summed E-state index contributed by atoms with van der Waals surface area (Å²) < 4.78 is 12.9. The highest BCUT2D eigenvalue weighted by Crippen LogP contribution is 2.32. The lowest BCUT2D eigenvalue weighted by Gasteiger charge is -2.35. The summed E-state index contributed by atoms with van der Waals surface area (Å²) in [5, 5.41) is 3.09. The topological polar surface area (TPSA) is 63.7 Å². The van der Waals surface area contributed by atoms with E-state index in [2.05, 4.69) is 38.1 Å². The molecule has 0 spiro atoms. The van der Waals surface area contributed by atoms with Crippen LogP contribution in [0.3, 0.4) is 0 Å². The molecule has 0 unspecified atom stereocenters. The first kappa shape index (κ1) is 21.1. The van der Waals surface area contributed by atoms with E-state index in [0.717, 1.165) is 60.6 Å². The highest BCUT2D eigenvalue weighted by Gasteiger charge is 2.26. The summed E-state index contributed by atoms with van der Waals surface area (Å²) >= 11 is 3.39. The Kier molecular flexibility index (Phi) is 6.89. The van der Waals surface area contributed by atoms with Crippen molar-refractivity contribution in [2.75, 3.05) is 32.8 Å². The number of fused-ring (bicyclic) bond motifs is 1. The number of nitrogens with zero attached hydrogens (tertiary/aromatic N) is 2. The van der Waals surface area contributed by atoms with Gasteiger partial charge in [0.05, 0.1) is 6.42 Å². The van der Waals surface area contributed by atoms with Gasteiger partial charge in [-0.15, -0.1) is 0 Å². The van der Waals surface area contributed by atoms with Crippen LogP contribution in [-0.4, -0.2) is 54.7 Å². The lowest BCUT2D eigenvalue weighted by molar-refractivity contribution is -0.120. The van der Waals surface area contributed by atoms with Crippen molar-refractivity contribution in [3.05, 3.63) is 52.3 Å². The number of carbonyl (C=O) groups is 1. The Morgan fingerprint density at radius 1 is 1.23 bits per heavy atom. The van der Waals surface area contributed by atoms with Gasteiger partial charge in [0.15, 0.2) is 11.5 Å². The van der Waals surface area contributed by atoms with E-state index in [0.29, 0.717) is 18.9 Å². The third kappa shape index (κ3) is 5.73. The molecule has 2 aromatic rings. The Labute approximate surface area is 186 Å². The van der Waals surface area contributed by atoms with Gasteiger partial charge >= 0.3 is 0 Å². The molecule has 1 N–H and O–H groups in total. The maximum absolute atomic E-state index is 12.2. The van der Waals surface area contributed by atoms with Crippen molar-refractivity contribution in [3.8, 4) is 11.5 Å². The zero-order chi connectivity index (χ0) is 20.9. The second-order valence-electron chi connectivity index (χ2n) is 8.24. The van der Waals surface area contributed by atoms with Crippen LogP contribution in [-0.2, 0) is 11.2 Å². The molecular formula is C23H28BrN3O3. The van der Waals surface area contributed by atoms with Crippen molar-refractivity contribution in [3.63, 3.8) is 0 Å². The van der Waals surface area contributed by atoms with E-state index >= 15 is 0 Å². The molecule has 160 valence electrons. The number of hydrogen-bond acceptors (Lipinski definition) is 5. The van der Waals surface area contributed by atoms with Crippen LogP contribution in [0, 0.1) is 12.8 Å². The van der Waals surface area contributed by atoms with Gasteiger partial charge in [0.25, 0.3) is 0 Å². The fourth-order valence-electron chi connectivity index (χ4n) is 4.03. The molecule has 2 aliphatic heterocycles. The van der Waals surface area contributed by atoms with Gasteiger partial charge in [-0.2, -0.15) is 0 Å². The lowest BCUT2D eigenvalue weighted by atomic mass is 9.96. The normalized spacial score (nSPS) is 19.5. The van der Waals surface area contributed by atoms with Crippen LogP contribution in [0.1, 0.15) is 24.0 Å². The van der Waals surface area contributed by atoms with Crippen molar-refractivity contribution < 1.29 is 14.3 Å². The Morgan fingerprint density at radius 3 is 2.87 bits per heavy atom. The molecule has 1 amide bonds. The van der Waals surface area contributed by atoms with Crippen LogP contribution in [0.5, 0.6) is 11.5 Å². The van der Waals surface area contributed by atoms with E-state index in [4.69, 9.17) is 9.47 Å². The van der Waals surface area contributed by atoms with Crippen LogP contribution in [0.4, 0.5) is 0 Å². The van der Waals surface area contributed by atoms with Crippen molar-refractivity contribution in [2.45, 2.75) is 32.3 Å². The van der Waals surface area contributed by atoms with Gasteiger partial charge in [-0.25, -0.2) is 0 Å². The number of piperidine rings is 1. The first-order valence-electron chi connectivity index (χ1n) is 10.5. The predicted molar refractivity (Wildman–Crippen MR) is 119 cm³/mol. The van der Waals surface area contributed by atoms with Gasteiger partial charge < -0.3 is 14.8 Å². The second kappa shape index (κ2) is 9.79. The number of rotatable bonds is 6. The van der Waals surface area contributed by atoms with Crippen LogP contribution in [0.25, 0.3) is 0 Å². The van der Waals surface area contributed by atoms with Gasteiger partial charge in [-0.3, -0.25) is 14.7 Å². The summed E-state index contributed by atoms with van der Waals surface area (Å²) in [5.41, 5.74) is 2.10.